The summed E-state index contributed by atoms with van der Waals surface area (Å²) in [5.74, 6) is 2.06. The zero-order valence-electron chi connectivity index (χ0n) is 21.3. The smallest absolute Gasteiger partial charge is 0.00515 e. The van der Waals surface area contributed by atoms with Crippen LogP contribution in [-0.4, -0.2) is 0 Å². The first-order valence-electron chi connectivity index (χ1n) is 13.8. The third-order valence-corrected chi connectivity index (χ3v) is 8.99. The molecule has 0 saturated heterocycles. The van der Waals surface area contributed by atoms with Crippen molar-refractivity contribution in [2.45, 2.75) is 84.0 Å². The predicted octanol–water partition coefficient (Wildman–Crippen LogP) is 9.50. The molecule has 1 saturated carbocycles. The van der Waals surface area contributed by atoms with Gasteiger partial charge in [0.2, 0.25) is 0 Å². The number of aryl methyl sites for hydroxylation is 2. The van der Waals surface area contributed by atoms with Crippen molar-refractivity contribution in [3.05, 3.63) is 101 Å². The monoisotopic (exact) mass is 450 g/mol. The summed E-state index contributed by atoms with van der Waals surface area (Å²) < 4.78 is 0. The van der Waals surface area contributed by atoms with Gasteiger partial charge in [0.25, 0.3) is 0 Å². The molecule has 1 aromatic rings. The van der Waals surface area contributed by atoms with Crippen LogP contribution in [-0.2, 0) is 12.8 Å². The van der Waals surface area contributed by atoms with Gasteiger partial charge in [-0.3, -0.25) is 0 Å². The minimum Gasteiger partial charge on any atom is -0.0999 e. The van der Waals surface area contributed by atoms with E-state index >= 15 is 0 Å². The summed E-state index contributed by atoms with van der Waals surface area (Å²) in [5, 5.41) is 0. The summed E-state index contributed by atoms with van der Waals surface area (Å²) in [6.07, 6.45) is 27.1. The Morgan fingerprint density at radius 1 is 1.03 bits per heavy atom. The van der Waals surface area contributed by atoms with Crippen LogP contribution in [0.4, 0.5) is 0 Å². The largest absolute Gasteiger partial charge is 0.0999 e. The van der Waals surface area contributed by atoms with E-state index in [9.17, 15) is 0 Å². The van der Waals surface area contributed by atoms with Crippen molar-refractivity contribution in [2.24, 2.45) is 17.8 Å². The molecular formula is C34H42. The second kappa shape index (κ2) is 10.5. The van der Waals surface area contributed by atoms with E-state index in [4.69, 9.17) is 0 Å². The van der Waals surface area contributed by atoms with Gasteiger partial charge < -0.3 is 0 Å². The van der Waals surface area contributed by atoms with Crippen LogP contribution in [0.15, 0.2) is 84.0 Å². The lowest BCUT2D eigenvalue weighted by Gasteiger charge is -2.32. The van der Waals surface area contributed by atoms with E-state index in [-0.39, 0.29) is 0 Å². The van der Waals surface area contributed by atoms with E-state index in [1.807, 2.05) is 0 Å². The molecule has 0 heterocycles. The minimum absolute atomic E-state index is 0.473. The van der Waals surface area contributed by atoms with Crippen LogP contribution in [0, 0.1) is 17.8 Å². The second-order valence-corrected chi connectivity index (χ2v) is 11.3. The van der Waals surface area contributed by atoms with Gasteiger partial charge in [-0.2, -0.15) is 0 Å². The van der Waals surface area contributed by atoms with Crippen molar-refractivity contribution in [3.63, 3.8) is 0 Å². The molecule has 5 rings (SSSR count). The lowest BCUT2D eigenvalue weighted by Crippen LogP contribution is -2.20. The number of allylic oxidation sites excluding steroid dienone is 10. The van der Waals surface area contributed by atoms with E-state index in [2.05, 4.69) is 68.7 Å². The number of rotatable bonds is 9. The number of fused-ring (bicyclic) bond motifs is 1. The zero-order chi connectivity index (χ0) is 23.5. The average molecular weight is 451 g/mol. The summed E-state index contributed by atoms with van der Waals surface area (Å²) in [4.78, 5) is 0. The Morgan fingerprint density at radius 3 is 2.71 bits per heavy atom. The average Bonchev–Trinajstić information content (AvgIpc) is 3.62. The van der Waals surface area contributed by atoms with E-state index in [1.54, 1.807) is 16.7 Å². The van der Waals surface area contributed by atoms with Crippen LogP contribution in [0.1, 0.15) is 87.8 Å². The van der Waals surface area contributed by atoms with Gasteiger partial charge in [0, 0.05) is 5.92 Å². The summed E-state index contributed by atoms with van der Waals surface area (Å²) in [6.45, 7) is 11.2. The first-order chi connectivity index (χ1) is 16.6. The van der Waals surface area contributed by atoms with Crippen LogP contribution in [0.5, 0.6) is 0 Å². The quantitative estimate of drug-likeness (QED) is 0.329. The van der Waals surface area contributed by atoms with Crippen LogP contribution in [0.2, 0.25) is 0 Å². The summed E-state index contributed by atoms with van der Waals surface area (Å²) in [7, 11) is 0. The molecule has 0 aliphatic heterocycles. The van der Waals surface area contributed by atoms with Gasteiger partial charge >= 0.3 is 0 Å². The molecule has 0 N–H and O–H groups in total. The fourth-order valence-electron chi connectivity index (χ4n) is 7.02. The molecule has 34 heavy (non-hydrogen) atoms. The number of hydrogen-bond acceptors (Lipinski definition) is 0. The van der Waals surface area contributed by atoms with E-state index in [0.717, 1.165) is 24.7 Å². The normalized spacial score (nSPS) is 24.4. The van der Waals surface area contributed by atoms with Gasteiger partial charge in [-0.1, -0.05) is 92.1 Å². The second-order valence-electron chi connectivity index (χ2n) is 11.3. The fourth-order valence-corrected chi connectivity index (χ4v) is 7.02. The molecule has 4 aliphatic carbocycles. The lowest BCUT2D eigenvalue weighted by molar-refractivity contribution is 0.249. The number of benzene rings is 1. The highest BCUT2D eigenvalue weighted by molar-refractivity contribution is 5.78. The Kier molecular flexibility index (Phi) is 7.23. The SMILES string of the molecule is C=C(C1=CC=CC1)C(CCCC1CCCC[C@H]1C(=C)C)C1=CC(c2ccc3c(c2)CCC3)=CC1. The predicted molar refractivity (Wildman–Crippen MR) is 148 cm³/mol. The highest BCUT2D eigenvalue weighted by Crippen LogP contribution is 2.42. The molecule has 0 nitrogen and oxygen atoms in total. The van der Waals surface area contributed by atoms with Crippen molar-refractivity contribution in [1.29, 1.82) is 0 Å². The number of hydrogen-bond donors (Lipinski definition) is 0. The third kappa shape index (κ3) is 5.02. The van der Waals surface area contributed by atoms with Gasteiger partial charge in [-0.15, -0.1) is 0 Å². The van der Waals surface area contributed by atoms with Gasteiger partial charge in [0.1, 0.15) is 0 Å². The molecule has 2 unspecified atom stereocenters. The van der Waals surface area contributed by atoms with E-state index in [1.165, 1.54) is 92.1 Å². The maximum atomic E-state index is 4.65. The van der Waals surface area contributed by atoms with Gasteiger partial charge in [0.15, 0.2) is 0 Å². The van der Waals surface area contributed by atoms with Gasteiger partial charge in [0.05, 0.1) is 0 Å². The standard InChI is InChI=1S/C34H42/c1-24(2)33-16-7-6-12-28(33)14-9-17-34(25(3)26-10-4-5-11-26)32-21-20-31(23-32)30-19-18-27-13-8-15-29(27)22-30/h4-5,10,18-20,22-23,28,33-34H,1,3,6-9,11-17,21H2,2H3/t28?,33-,34?/m0/s1. The molecule has 0 radical (unpaired) electrons. The van der Waals surface area contributed by atoms with Crippen molar-refractivity contribution in [2.75, 3.05) is 0 Å². The molecule has 4 aliphatic rings. The molecule has 0 bridgehead atoms. The highest BCUT2D eigenvalue weighted by Gasteiger charge is 2.27. The maximum Gasteiger partial charge on any atom is 0.00515 e. The molecule has 1 aromatic carbocycles. The highest BCUT2D eigenvalue weighted by atomic mass is 14.3. The summed E-state index contributed by atoms with van der Waals surface area (Å²) >= 11 is 0. The molecule has 178 valence electrons. The van der Waals surface area contributed by atoms with Crippen molar-refractivity contribution in [3.8, 4) is 0 Å². The van der Waals surface area contributed by atoms with Crippen molar-refractivity contribution in [1.82, 2.24) is 0 Å². The molecule has 0 spiro atoms. The third-order valence-electron chi connectivity index (χ3n) is 8.99. The maximum absolute atomic E-state index is 4.65. The van der Waals surface area contributed by atoms with Crippen molar-refractivity contribution >= 4 is 5.57 Å². The minimum atomic E-state index is 0.473. The van der Waals surface area contributed by atoms with Gasteiger partial charge in [-0.25, -0.2) is 0 Å². The lowest BCUT2D eigenvalue weighted by atomic mass is 9.73. The molecule has 1 fully saturated rings. The topological polar surface area (TPSA) is 0 Å². The molecule has 3 atom stereocenters. The van der Waals surface area contributed by atoms with E-state index < -0.39 is 0 Å². The zero-order valence-corrected chi connectivity index (χ0v) is 21.3. The van der Waals surface area contributed by atoms with E-state index in [0.29, 0.717) is 5.92 Å². The van der Waals surface area contributed by atoms with Crippen LogP contribution in [0.25, 0.3) is 5.57 Å². The Labute approximate surface area is 207 Å². The summed E-state index contributed by atoms with van der Waals surface area (Å²) in [6, 6.07) is 7.18. The molecule has 0 aromatic heterocycles. The van der Waals surface area contributed by atoms with Crippen LogP contribution in [0.3, 0.4) is 0 Å². The first kappa shape index (κ1) is 23.4. The first-order valence-corrected chi connectivity index (χ1v) is 13.8. The Balaban J connectivity index is 1.30. The van der Waals surface area contributed by atoms with Crippen LogP contribution >= 0.6 is 0 Å². The van der Waals surface area contributed by atoms with Gasteiger partial charge in [-0.05, 0) is 110 Å². The molecule has 0 amide bonds. The molecular weight excluding hydrogens is 408 g/mol. The Bertz CT molecular complexity index is 1070. The van der Waals surface area contributed by atoms with Crippen LogP contribution < -0.4 is 0 Å². The summed E-state index contributed by atoms with van der Waals surface area (Å²) in [5.41, 5.74) is 11.8. The Hall–Kier alpha value is -2.34. The molecule has 0 heteroatoms. The fraction of sp³-hybridized carbons (Fsp3) is 0.471. The Morgan fingerprint density at radius 2 is 1.88 bits per heavy atom. The van der Waals surface area contributed by atoms with Crippen molar-refractivity contribution < 1.29 is 0 Å².